The molecule has 21 heavy (non-hydrogen) atoms. The number of nitrogens with zero attached hydrogens (tertiary/aromatic N) is 1. The number of methoxy groups -OCH3 is 1. The number of carbonyl (C=O) groups is 1. The molecule has 0 aliphatic carbocycles. The van der Waals surface area contributed by atoms with Crippen LogP contribution in [-0.2, 0) is 4.74 Å². The van der Waals surface area contributed by atoms with Crippen molar-refractivity contribution in [3.63, 3.8) is 0 Å². The maximum absolute atomic E-state index is 11.9. The van der Waals surface area contributed by atoms with Crippen LogP contribution in [0, 0.1) is 6.92 Å². The first-order valence-corrected chi connectivity index (χ1v) is 6.19. The van der Waals surface area contributed by atoms with Gasteiger partial charge >= 0.3 is 11.7 Å². The van der Waals surface area contributed by atoms with Gasteiger partial charge in [0.05, 0.1) is 12.8 Å². The third-order valence-corrected chi connectivity index (χ3v) is 3.16. The fourth-order valence-corrected chi connectivity index (χ4v) is 2.19. The Labute approximate surface area is 119 Å². The molecule has 7 heteroatoms. The van der Waals surface area contributed by atoms with Gasteiger partial charge in [0.1, 0.15) is 5.56 Å². The minimum Gasteiger partial charge on any atom is -0.465 e. The van der Waals surface area contributed by atoms with E-state index in [1.54, 1.807) is 25.1 Å². The van der Waals surface area contributed by atoms with Gasteiger partial charge in [-0.1, -0.05) is 0 Å². The number of H-pyrrole nitrogens is 1. The molecule has 0 radical (unpaired) electrons. The van der Waals surface area contributed by atoms with Crippen LogP contribution in [-0.4, -0.2) is 29.8 Å². The monoisotopic (exact) mass is 288 g/mol. The first-order chi connectivity index (χ1) is 10.1. The lowest BCUT2D eigenvalue weighted by Gasteiger charge is -2.09. The molecule has 1 aliphatic heterocycles. The maximum Gasteiger partial charge on any atom is 0.345 e. The number of hydrogen-bond acceptors (Lipinski definition) is 6. The standard InChI is InChI=1S/C14H12N2O5/c1-7-11(13(17)19-2)12(16-14(18)15-7)8-3-4-9-10(5-8)21-6-20-9/h3-5H,6H2,1-2H3,(H,15,16,18). The molecule has 1 aromatic heterocycles. The number of hydrogen-bond donors (Lipinski definition) is 1. The molecular formula is C14H12N2O5. The van der Waals surface area contributed by atoms with Crippen molar-refractivity contribution in [3.8, 4) is 22.8 Å². The highest BCUT2D eigenvalue weighted by molar-refractivity contribution is 5.97. The Morgan fingerprint density at radius 3 is 2.86 bits per heavy atom. The smallest absolute Gasteiger partial charge is 0.345 e. The first-order valence-electron chi connectivity index (χ1n) is 6.19. The summed E-state index contributed by atoms with van der Waals surface area (Å²) < 4.78 is 15.3. The van der Waals surface area contributed by atoms with E-state index in [1.807, 2.05) is 0 Å². The lowest BCUT2D eigenvalue weighted by molar-refractivity contribution is 0.0599. The predicted octanol–water partition coefficient (Wildman–Crippen LogP) is 1.26. The van der Waals surface area contributed by atoms with E-state index < -0.39 is 11.7 Å². The molecule has 108 valence electrons. The van der Waals surface area contributed by atoms with Crippen LogP contribution in [0.3, 0.4) is 0 Å². The van der Waals surface area contributed by atoms with Crippen LogP contribution in [0.2, 0.25) is 0 Å². The van der Waals surface area contributed by atoms with Gasteiger partial charge in [0, 0.05) is 11.3 Å². The number of aromatic nitrogens is 2. The number of carbonyl (C=O) groups excluding carboxylic acids is 1. The van der Waals surface area contributed by atoms with Crippen LogP contribution in [0.5, 0.6) is 11.5 Å². The molecule has 2 heterocycles. The Morgan fingerprint density at radius 2 is 2.10 bits per heavy atom. The Bertz CT molecular complexity index is 781. The first kappa shape index (κ1) is 13.2. The molecule has 0 saturated carbocycles. The van der Waals surface area contributed by atoms with Crippen molar-refractivity contribution in [1.29, 1.82) is 0 Å². The van der Waals surface area contributed by atoms with Crippen molar-refractivity contribution in [3.05, 3.63) is 39.9 Å². The van der Waals surface area contributed by atoms with Crippen LogP contribution < -0.4 is 15.2 Å². The molecule has 2 aromatic rings. The summed E-state index contributed by atoms with van der Waals surface area (Å²) in [7, 11) is 1.27. The van der Waals surface area contributed by atoms with Crippen LogP contribution in [0.4, 0.5) is 0 Å². The summed E-state index contributed by atoms with van der Waals surface area (Å²) in [5.74, 6) is 0.590. The van der Waals surface area contributed by atoms with E-state index >= 15 is 0 Å². The maximum atomic E-state index is 11.9. The molecule has 3 rings (SSSR count). The molecule has 0 bridgehead atoms. The third kappa shape index (κ3) is 2.22. The Morgan fingerprint density at radius 1 is 1.33 bits per heavy atom. The summed E-state index contributed by atoms with van der Waals surface area (Å²) in [5, 5.41) is 0. The van der Waals surface area contributed by atoms with E-state index in [4.69, 9.17) is 14.2 Å². The fourth-order valence-electron chi connectivity index (χ4n) is 2.19. The van der Waals surface area contributed by atoms with Crippen LogP contribution >= 0.6 is 0 Å². The van der Waals surface area contributed by atoms with Crippen LogP contribution in [0.15, 0.2) is 23.0 Å². The highest BCUT2D eigenvalue weighted by atomic mass is 16.7. The summed E-state index contributed by atoms with van der Waals surface area (Å²) in [4.78, 5) is 29.9. The molecular weight excluding hydrogens is 276 g/mol. The minimum absolute atomic E-state index is 0.143. The average Bonchev–Trinajstić information content (AvgIpc) is 2.93. The van der Waals surface area contributed by atoms with Gasteiger partial charge in [-0.25, -0.2) is 9.59 Å². The number of benzene rings is 1. The van der Waals surface area contributed by atoms with Crippen molar-refractivity contribution in [2.75, 3.05) is 13.9 Å². The van der Waals surface area contributed by atoms with Gasteiger partial charge in [-0.3, -0.25) is 0 Å². The van der Waals surface area contributed by atoms with Crippen molar-refractivity contribution in [2.24, 2.45) is 0 Å². The summed E-state index contributed by atoms with van der Waals surface area (Å²) in [6, 6.07) is 5.09. The number of fused-ring (bicyclic) bond motifs is 1. The van der Waals surface area contributed by atoms with E-state index in [0.717, 1.165) is 0 Å². The Balaban J connectivity index is 2.22. The van der Waals surface area contributed by atoms with E-state index in [1.165, 1.54) is 7.11 Å². The van der Waals surface area contributed by atoms with E-state index in [-0.39, 0.29) is 18.1 Å². The van der Waals surface area contributed by atoms with Gasteiger partial charge in [-0.15, -0.1) is 0 Å². The zero-order chi connectivity index (χ0) is 15.0. The molecule has 0 amide bonds. The van der Waals surface area contributed by atoms with Crippen LogP contribution in [0.25, 0.3) is 11.3 Å². The summed E-state index contributed by atoms with van der Waals surface area (Å²) in [6.07, 6.45) is 0. The van der Waals surface area contributed by atoms with Crippen molar-refractivity contribution in [1.82, 2.24) is 9.97 Å². The zero-order valence-corrected chi connectivity index (χ0v) is 11.4. The molecule has 0 saturated heterocycles. The van der Waals surface area contributed by atoms with Crippen molar-refractivity contribution < 1.29 is 19.0 Å². The summed E-state index contributed by atoms with van der Waals surface area (Å²) in [6.45, 7) is 1.76. The molecule has 1 aromatic carbocycles. The van der Waals surface area contributed by atoms with Gasteiger partial charge in [0.25, 0.3) is 0 Å². The summed E-state index contributed by atoms with van der Waals surface area (Å²) >= 11 is 0. The minimum atomic E-state index is -0.566. The molecule has 0 atom stereocenters. The molecule has 1 N–H and O–H groups in total. The molecule has 1 aliphatic rings. The van der Waals surface area contributed by atoms with Crippen molar-refractivity contribution >= 4 is 5.97 Å². The number of esters is 1. The second-order valence-electron chi connectivity index (χ2n) is 4.45. The summed E-state index contributed by atoms with van der Waals surface area (Å²) in [5.41, 5.74) is 0.911. The molecule has 0 unspecified atom stereocenters. The SMILES string of the molecule is COC(=O)c1c(-c2ccc3c(c2)OCO3)nc(=O)[nH]c1C. The van der Waals surface area contributed by atoms with E-state index in [0.29, 0.717) is 22.8 Å². The number of ether oxygens (including phenoxy) is 3. The Kier molecular flexibility index (Phi) is 3.09. The predicted molar refractivity (Wildman–Crippen MR) is 72.5 cm³/mol. The van der Waals surface area contributed by atoms with E-state index in [2.05, 4.69) is 9.97 Å². The van der Waals surface area contributed by atoms with Gasteiger partial charge in [0.15, 0.2) is 11.5 Å². The number of aromatic amines is 1. The molecule has 0 fully saturated rings. The van der Waals surface area contributed by atoms with E-state index in [9.17, 15) is 9.59 Å². The second-order valence-corrected chi connectivity index (χ2v) is 4.45. The third-order valence-electron chi connectivity index (χ3n) is 3.16. The van der Waals surface area contributed by atoms with Gasteiger partial charge in [0.2, 0.25) is 6.79 Å². The second kappa shape index (κ2) is 4.93. The highest BCUT2D eigenvalue weighted by Crippen LogP contribution is 2.36. The normalized spacial score (nSPS) is 12.3. The number of aryl methyl sites for hydroxylation is 1. The fraction of sp³-hybridized carbons (Fsp3) is 0.214. The van der Waals surface area contributed by atoms with Gasteiger partial charge in [-0.2, -0.15) is 4.98 Å². The largest absolute Gasteiger partial charge is 0.465 e. The highest BCUT2D eigenvalue weighted by Gasteiger charge is 2.21. The molecule has 0 spiro atoms. The molecule has 7 nitrogen and oxygen atoms in total. The van der Waals surface area contributed by atoms with Gasteiger partial charge < -0.3 is 19.2 Å². The quantitative estimate of drug-likeness (QED) is 0.837. The lowest BCUT2D eigenvalue weighted by atomic mass is 10.0. The van der Waals surface area contributed by atoms with Crippen LogP contribution in [0.1, 0.15) is 16.1 Å². The number of nitrogens with one attached hydrogen (secondary N) is 1. The zero-order valence-electron chi connectivity index (χ0n) is 11.4. The average molecular weight is 288 g/mol. The van der Waals surface area contributed by atoms with Gasteiger partial charge in [-0.05, 0) is 25.1 Å². The lowest BCUT2D eigenvalue weighted by Crippen LogP contribution is -2.19. The topological polar surface area (TPSA) is 90.5 Å². The van der Waals surface area contributed by atoms with Crippen molar-refractivity contribution in [2.45, 2.75) is 6.92 Å². The Hall–Kier alpha value is -2.83. The number of rotatable bonds is 2.